The molecular weight excluding hydrogens is 380 g/mol. The number of benzene rings is 2. The third-order valence-electron chi connectivity index (χ3n) is 3.93. The van der Waals surface area contributed by atoms with Gasteiger partial charge in [0.25, 0.3) is 5.91 Å². The summed E-state index contributed by atoms with van der Waals surface area (Å²) in [6.45, 7) is 4.72. The van der Waals surface area contributed by atoms with Crippen LogP contribution in [0.2, 0.25) is 0 Å². The van der Waals surface area contributed by atoms with E-state index in [0.717, 1.165) is 16.0 Å². The van der Waals surface area contributed by atoms with Gasteiger partial charge in [-0.1, -0.05) is 12.1 Å². The molecule has 148 valence electrons. The van der Waals surface area contributed by atoms with Gasteiger partial charge in [0.15, 0.2) is 18.1 Å². The summed E-state index contributed by atoms with van der Waals surface area (Å²) in [6, 6.07) is 11.3. The Kier molecular flexibility index (Phi) is 6.65. The molecule has 0 radical (unpaired) electrons. The highest BCUT2D eigenvalue weighted by Gasteiger charge is 2.13. The van der Waals surface area contributed by atoms with Crippen molar-refractivity contribution in [1.82, 2.24) is 10.9 Å². The summed E-state index contributed by atoms with van der Waals surface area (Å²) in [7, 11) is 0. The van der Waals surface area contributed by atoms with Crippen molar-refractivity contribution in [3.8, 4) is 17.2 Å². The molecule has 1 aliphatic rings. The van der Waals surface area contributed by atoms with Crippen molar-refractivity contribution in [2.24, 2.45) is 0 Å². The van der Waals surface area contributed by atoms with E-state index >= 15 is 0 Å². The molecule has 3 rings (SSSR count). The lowest BCUT2D eigenvalue weighted by Crippen LogP contribution is -2.44. The first-order valence-electron chi connectivity index (χ1n) is 8.81. The molecule has 7 nitrogen and oxygen atoms in total. The van der Waals surface area contributed by atoms with Crippen molar-refractivity contribution < 1.29 is 23.8 Å². The predicted molar refractivity (Wildman–Crippen MR) is 106 cm³/mol. The molecule has 2 amide bonds. The van der Waals surface area contributed by atoms with E-state index in [2.05, 4.69) is 10.9 Å². The van der Waals surface area contributed by atoms with Gasteiger partial charge in [0.1, 0.15) is 19.0 Å². The Morgan fingerprint density at radius 2 is 1.75 bits per heavy atom. The highest BCUT2D eigenvalue weighted by atomic mass is 32.2. The lowest BCUT2D eigenvalue weighted by Gasteiger charge is -2.18. The summed E-state index contributed by atoms with van der Waals surface area (Å²) < 4.78 is 16.5. The smallest absolute Gasteiger partial charge is 0.276 e. The number of nitrogens with one attached hydrogen (secondary N) is 2. The maximum absolute atomic E-state index is 11.9. The van der Waals surface area contributed by atoms with Crippen LogP contribution in [0, 0.1) is 13.8 Å². The topological polar surface area (TPSA) is 85.9 Å². The molecule has 28 heavy (non-hydrogen) atoms. The van der Waals surface area contributed by atoms with E-state index in [0.29, 0.717) is 30.5 Å². The average Bonchev–Trinajstić information content (AvgIpc) is 2.71. The number of thioether (sulfide) groups is 1. The highest BCUT2D eigenvalue weighted by molar-refractivity contribution is 8.00. The fourth-order valence-electron chi connectivity index (χ4n) is 2.48. The molecule has 0 saturated carbocycles. The van der Waals surface area contributed by atoms with Crippen LogP contribution < -0.4 is 25.1 Å². The molecule has 2 N–H and O–H groups in total. The normalized spacial score (nSPS) is 12.2. The van der Waals surface area contributed by atoms with Crippen LogP contribution in [-0.2, 0) is 9.59 Å². The summed E-state index contributed by atoms with van der Waals surface area (Å²) >= 11 is 1.34. The van der Waals surface area contributed by atoms with Gasteiger partial charge in [-0.05, 0) is 49.2 Å². The van der Waals surface area contributed by atoms with Crippen LogP contribution in [0.4, 0.5) is 0 Å². The van der Waals surface area contributed by atoms with E-state index in [9.17, 15) is 9.59 Å². The number of carbonyl (C=O) groups is 2. The van der Waals surface area contributed by atoms with Crippen LogP contribution in [0.25, 0.3) is 0 Å². The molecule has 2 aromatic carbocycles. The first-order chi connectivity index (χ1) is 13.5. The molecular formula is C20H22N2O5S. The Morgan fingerprint density at radius 1 is 1.00 bits per heavy atom. The standard InChI is InChI=1S/C20H22N2O5S/c1-13-3-4-14(2)17(9-13)27-11-19(23)21-22-20(24)12-28-15-5-6-16-18(10-15)26-8-7-25-16/h3-6,9-10H,7-8,11-12H2,1-2H3,(H,21,23)(H,22,24). The van der Waals surface area contributed by atoms with E-state index in [1.165, 1.54) is 11.8 Å². The van der Waals surface area contributed by atoms with Crippen molar-refractivity contribution in [2.75, 3.05) is 25.6 Å². The number of aryl methyl sites for hydroxylation is 2. The monoisotopic (exact) mass is 402 g/mol. The van der Waals surface area contributed by atoms with Gasteiger partial charge in [-0.25, -0.2) is 0 Å². The predicted octanol–water partition coefficient (Wildman–Crippen LogP) is 2.39. The Balaban J connectivity index is 1.39. The first-order valence-corrected chi connectivity index (χ1v) is 9.80. The van der Waals surface area contributed by atoms with Gasteiger partial charge in [0, 0.05) is 4.90 Å². The van der Waals surface area contributed by atoms with E-state index in [1.54, 1.807) is 0 Å². The molecule has 1 aliphatic heterocycles. The maximum atomic E-state index is 11.9. The second-order valence-electron chi connectivity index (χ2n) is 6.25. The Bertz CT molecular complexity index is 872. The minimum Gasteiger partial charge on any atom is -0.486 e. The molecule has 0 bridgehead atoms. The van der Waals surface area contributed by atoms with Crippen LogP contribution in [0.1, 0.15) is 11.1 Å². The number of ether oxygens (including phenoxy) is 3. The first kappa shape index (κ1) is 19.9. The summed E-state index contributed by atoms with van der Waals surface area (Å²) in [5.41, 5.74) is 6.72. The van der Waals surface area contributed by atoms with Crippen molar-refractivity contribution in [3.05, 3.63) is 47.5 Å². The number of hydrazine groups is 1. The van der Waals surface area contributed by atoms with Crippen molar-refractivity contribution in [1.29, 1.82) is 0 Å². The van der Waals surface area contributed by atoms with Crippen LogP contribution in [-0.4, -0.2) is 37.4 Å². The number of carbonyl (C=O) groups excluding carboxylic acids is 2. The summed E-state index contributed by atoms with van der Waals surface area (Å²) in [4.78, 5) is 24.7. The zero-order valence-corrected chi connectivity index (χ0v) is 16.6. The van der Waals surface area contributed by atoms with Crippen molar-refractivity contribution >= 4 is 23.6 Å². The minimum absolute atomic E-state index is 0.151. The van der Waals surface area contributed by atoms with Gasteiger partial charge in [0.05, 0.1) is 5.75 Å². The third kappa shape index (κ3) is 5.56. The number of amides is 2. The van der Waals surface area contributed by atoms with Crippen LogP contribution in [0.15, 0.2) is 41.3 Å². The minimum atomic E-state index is -0.432. The van der Waals surface area contributed by atoms with E-state index in [1.807, 2.05) is 50.2 Å². The number of hydrogen-bond donors (Lipinski definition) is 2. The van der Waals surface area contributed by atoms with Crippen LogP contribution in [0.3, 0.4) is 0 Å². The summed E-state index contributed by atoms with van der Waals surface area (Å²) in [5.74, 6) is 1.43. The SMILES string of the molecule is Cc1ccc(C)c(OCC(=O)NNC(=O)CSc2ccc3c(c2)OCCO3)c1. The number of fused-ring (bicyclic) bond motifs is 1. The fraction of sp³-hybridized carbons (Fsp3) is 0.300. The molecule has 8 heteroatoms. The van der Waals surface area contributed by atoms with Crippen molar-refractivity contribution in [2.45, 2.75) is 18.7 Å². The molecule has 0 unspecified atom stereocenters. The van der Waals surface area contributed by atoms with Gasteiger partial charge in [-0.2, -0.15) is 0 Å². The van der Waals surface area contributed by atoms with Gasteiger partial charge >= 0.3 is 0 Å². The highest BCUT2D eigenvalue weighted by Crippen LogP contribution is 2.34. The largest absolute Gasteiger partial charge is 0.486 e. The fourth-order valence-corrected chi connectivity index (χ4v) is 3.20. The molecule has 0 aliphatic carbocycles. The Labute approximate surface area is 167 Å². The quantitative estimate of drug-likeness (QED) is 0.570. The molecule has 2 aromatic rings. The van der Waals surface area contributed by atoms with Gasteiger partial charge in [0.2, 0.25) is 5.91 Å². The van der Waals surface area contributed by atoms with E-state index in [4.69, 9.17) is 14.2 Å². The lowest BCUT2D eigenvalue weighted by atomic mass is 10.1. The van der Waals surface area contributed by atoms with E-state index < -0.39 is 5.91 Å². The van der Waals surface area contributed by atoms with Gasteiger partial charge in [-0.3, -0.25) is 20.4 Å². The second kappa shape index (κ2) is 9.36. The van der Waals surface area contributed by atoms with Gasteiger partial charge < -0.3 is 14.2 Å². The molecule has 0 aromatic heterocycles. The zero-order valence-electron chi connectivity index (χ0n) is 15.7. The third-order valence-corrected chi connectivity index (χ3v) is 4.92. The van der Waals surface area contributed by atoms with Crippen LogP contribution >= 0.6 is 11.8 Å². The van der Waals surface area contributed by atoms with Crippen LogP contribution in [0.5, 0.6) is 17.2 Å². The summed E-state index contributed by atoms with van der Waals surface area (Å²) in [6.07, 6.45) is 0. The zero-order chi connectivity index (χ0) is 19.9. The Morgan fingerprint density at radius 3 is 2.57 bits per heavy atom. The maximum Gasteiger partial charge on any atom is 0.276 e. The summed E-state index contributed by atoms with van der Waals surface area (Å²) in [5, 5.41) is 0. The molecule has 0 spiro atoms. The number of rotatable bonds is 6. The molecule has 1 heterocycles. The second-order valence-corrected chi connectivity index (χ2v) is 7.30. The van der Waals surface area contributed by atoms with Crippen molar-refractivity contribution in [3.63, 3.8) is 0 Å². The molecule has 0 fully saturated rings. The average molecular weight is 402 g/mol. The van der Waals surface area contributed by atoms with E-state index in [-0.39, 0.29) is 18.3 Å². The molecule has 0 atom stereocenters. The number of hydrogen-bond acceptors (Lipinski definition) is 6. The molecule has 0 saturated heterocycles. The van der Waals surface area contributed by atoms with Gasteiger partial charge in [-0.15, -0.1) is 11.8 Å². The lowest BCUT2D eigenvalue weighted by molar-refractivity contribution is -0.128. The Hall–Kier alpha value is -2.87.